The van der Waals surface area contributed by atoms with Gasteiger partial charge in [-0.15, -0.1) is 0 Å². The van der Waals surface area contributed by atoms with Crippen molar-refractivity contribution in [1.82, 2.24) is 18.6 Å². The Morgan fingerprint density at radius 1 is 1.27 bits per heavy atom. The van der Waals surface area contributed by atoms with Gasteiger partial charge in [-0.2, -0.15) is 17.0 Å². The Balaban J connectivity index is 1.70. The third-order valence-corrected chi connectivity index (χ3v) is 6.22. The first-order chi connectivity index (χ1) is 10.6. The largest absolute Gasteiger partial charge is 0.342 e. The summed E-state index contributed by atoms with van der Waals surface area (Å²) in [5.74, 6) is 0.830. The van der Waals surface area contributed by atoms with Crippen molar-refractivity contribution in [2.75, 3.05) is 26.2 Å². The molecule has 7 heteroatoms. The summed E-state index contributed by atoms with van der Waals surface area (Å²) in [4.78, 5) is 7.76. The lowest BCUT2D eigenvalue weighted by Gasteiger charge is -2.25. The van der Waals surface area contributed by atoms with Gasteiger partial charge in [0.2, 0.25) is 0 Å². The van der Waals surface area contributed by atoms with E-state index in [1.54, 1.807) is 8.61 Å². The van der Waals surface area contributed by atoms with Crippen LogP contribution in [0.3, 0.4) is 0 Å². The molecule has 1 fully saturated rings. The van der Waals surface area contributed by atoms with E-state index in [1.165, 1.54) is 0 Å². The zero-order valence-electron chi connectivity index (χ0n) is 12.8. The maximum atomic E-state index is 12.6. The lowest BCUT2D eigenvalue weighted by Crippen LogP contribution is -2.43. The van der Waals surface area contributed by atoms with Crippen LogP contribution in [0.25, 0.3) is 11.0 Å². The Morgan fingerprint density at radius 3 is 2.68 bits per heavy atom. The van der Waals surface area contributed by atoms with Crippen LogP contribution >= 0.6 is 0 Å². The Kier molecular flexibility index (Phi) is 4.46. The highest BCUT2D eigenvalue weighted by molar-refractivity contribution is 7.86. The summed E-state index contributed by atoms with van der Waals surface area (Å²) in [5, 5.41) is 0. The fourth-order valence-electron chi connectivity index (χ4n) is 2.87. The van der Waals surface area contributed by atoms with Crippen molar-refractivity contribution in [2.45, 2.75) is 26.2 Å². The van der Waals surface area contributed by atoms with Crippen LogP contribution in [0.4, 0.5) is 0 Å². The van der Waals surface area contributed by atoms with E-state index in [-0.39, 0.29) is 0 Å². The van der Waals surface area contributed by atoms with Gasteiger partial charge in [-0.25, -0.2) is 4.98 Å². The average molecular weight is 322 g/mol. The van der Waals surface area contributed by atoms with Crippen molar-refractivity contribution in [3.05, 3.63) is 30.1 Å². The predicted octanol–water partition coefficient (Wildman–Crippen LogP) is 1.77. The van der Waals surface area contributed by atoms with Gasteiger partial charge in [0.15, 0.2) is 0 Å². The van der Waals surface area contributed by atoms with Gasteiger partial charge in [-0.3, -0.25) is 0 Å². The number of hydrogen-bond acceptors (Lipinski definition) is 3. The molecule has 1 aromatic carbocycles. The summed E-state index contributed by atoms with van der Waals surface area (Å²) < 4.78 is 28.3. The van der Waals surface area contributed by atoms with Gasteiger partial charge in [-0.1, -0.05) is 19.1 Å². The number of imidazole rings is 1. The SMILES string of the molecule is CCN(CCc1nc2ccccc2[nH]1)S(=O)(=O)N1CCCC1. The predicted molar refractivity (Wildman–Crippen MR) is 86.8 cm³/mol. The van der Waals surface area contributed by atoms with E-state index in [1.807, 2.05) is 31.2 Å². The summed E-state index contributed by atoms with van der Waals surface area (Å²) in [7, 11) is -3.33. The van der Waals surface area contributed by atoms with Gasteiger partial charge >= 0.3 is 0 Å². The van der Waals surface area contributed by atoms with Crippen LogP contribution in [-0.2, 0) is 16.6 Å². The molecule has 6 nitrogen and oxygen atoms in total. The molecule has 0 aliphatic carbocycles. The van der Waals surface area contributed by atoms with Crippen LogP contribution in [-0.4, -0.2) is 53.2 Å². The minimum Gasteiger partial charge on any atom is -0.342 e. The van der Waals surface area contributed by atoms with E-state index in [9.17, 15) is 8.42 Å². The molecule has 1 aromatic heterocycles. The zero-order valence-corrected chi connectivity index (χ0v) is 13.6. The molecular weight excluding hydrogens is 300 g/mol. The number of nitrogens with zero attached hydrogens (tertiary/aromatic N) is 3. The van der Waals surface area contributed by atoms with E-state index in [0.29, 0.717) is 32.6 Å². The maximum absolute atomic E-state index is 12.6. The van der Waals surface area contributed by atoms with Crippen LogP contribution in [0.15, 0.2) is 24.3 Å². The molecule has 1 aliphatic rings. The molecule has 1 N–H and O–H groups in total. The van der Waals surface area contributed by atoms with Crippen molar-refractivity contribution < 1.29 is 8.42 Å². The molecule has 0 atom stereocenters. The minimum atomic E-state index is -3.33. The fourth-order valence-corrected chi connectivity index (χ4v) is 4.57. The molecule has 0 spiro atoms. The third-order valence-electron chi connectivity index (χ3n) is 4.11. The second-order valence-corrected chi connectivity index (χ2v) is 7.48. The zero-order chi connectivity index (χ0) is 15.6. The van der Waals surface area contributed by atoms with E-state index < -0.39 is 10.2 Å². The molecule has 0 radical (unpaired) electrons. The number of nitrogens with one attached hydrogen (secondary N) is 1. The topological polar surface area (TPSA) is 69.3 Å². The molecule has 3 rings (SSSR count). The van der Waals surface area contributed by atoms with Crippen LogP contribution in [0, 0.1) is 0 Å². The van der Waals surface area contributed by atoms with Gasteiger partial charge in [0.1, 0.15) is 5.82 Å². The number of benzene rings is 1. The smallest absolute Gasteiger partial charge is 0.281 e. The van der Waals surface area contributed by atoms with Gasteiger partial charge < -0.3 is 4.98 Å². The van der Waals surface area contributed by atoms with Crippen molar-refractivity contribution in [2.24, 2.45) is 0 Å². The molecule has 0 saturated carbocycles. The van der Waals surface area contributed by atoms with Gasteiger partial charge in [0.25, 0.3) is 10.2 Å². The normalized spacial score (nSPS) is 16.8. The first-order valence-corrected chi connectivity index (χ1v) is 9.20. The van der Waals surface area contributed by atoms with E-state index >= 15 is 0 Å². The highest BCUT2D eigenvalue weighted by Crippen LogP contribution is 2.17. The van der Waals surface area contributed by atoms with Crippen molar-refractivity contribution in [3.63, 3.8) is 0 Å². The summed E-state index contributed by atoms with van der Waals surface area (Å²) >= 11 is 0. The molecule has 2 aromatic rings. The van der Waals surface area contributed by atoms with Crippen molar-refractivity contribution >= 4 is 21.2 Å². The second kappa shape index (κ2) is 6.36. The number of aromatic nitrogens is 2. The van der Waals surface area contributed by atoms with Gasteiger partial charge in [0, 0.05) is 32.6 Å². The molecule has 0 amide bonds. The quantitative estimate of drug-likeness (QED) is 0.881. The van der Waals surface area contributed by atoms with E-state index in [2.05, 4.69) is 9.97 Å². The summed E-state index contributed by atoms with van der Waals surface area (Å²) in [6.45, 7) is 4.10. The fraction of sp³-hybridized carbons (Fsp3) is 0.533. The highest BCUT2D eigenvalue weighted by Gasteiger charge is 2.30. The monoisotopic (exact) mass is 322 g/mol. The second-order valence-electron chi connectivity index (χ2n) is 5.56. The highest BCUT2D eigenvalue weighted by atomic mass is 32.2. The lowest BCUT2D eigenvalue weighted by molar-refractivity contribution is 0.370. The molecule has 2 heterocycles. The van der Waals surface area contributed by atoms with Crippen LogP contribution in [0.1, 0.15) is 25.6 Å². The molecule has 0 bridgehead atoms. The Labute approximate surface area is 131 Å². The summed E-state index contributed by atoms with van der Waals surface area (Å²) in [6, 6.07) is 7.84. The third kappa shape index (κ3) is 3.02. The number of likely N-dealkylation sites (N-methyl/N-ethyl adjacent to an activating group) is 1. The molecule has 120 valence electrons. The Hall–Kier alpha value is -1.44. The van der Waals surface area contributed by atoms with Gasteiger partial charge in [0.05, 0.1) is 11.0 Å². The van der Waals surface area contributed by atoms with E-state index in [0.717, 1.165) is 29.7 Å². The number of H-pyrrole nitrogens is 1. The van der Waals surface area contributed by atoms with Crippen LogP contribution in [0.2, 0.25) is 0 Å². The summed E-state index contributed by atoms with van der Waals surface area (Å²) in [5.41, 5.74) is 1.91. The summed E-state index contributed by atoms with van der Waals surface area (Å²) in [6.07, 6.45) is 2.51. The molecule has 1 saturated heterocycles. The van der Waals surface area contributed by atoms with Crippen LogP contribution in [0.5, 0.6) is 0 Å². The number of para-hydroxylation sites is 2. The van der Waals surface area contributed by atoms with Crippen molar-refractivity contribution in [3.8, 4) is 0 Å². The van der Waals surface area contributed by atoms with E-state index in [4.69, 9.17) is 0 Å². The molecule has 1 aliphatic heterocycles. The maximum Gasteiger partial charge on any atom is 0.281 e. The Morgan fingerprint density at radius 2 is 2.00 bits per heavy atom. The molecule has 22 heavy (non-hydrogen) atoms. The standard InChI is InChI=1S/C15H22N4O2S/c1-2-18(22(20,21)19-10-5-6-11-19)12-9-15-16-13-7-3-4-8-14(13)17-15/h3-4,7-8H,2,5-6,9-12H2,1H3,(H,16,17). The molecular formula is C15H22N4O2S. The Bertz CT molecular complexity index is 702. The van der Waals surface area contributed by atoms with Gasteiger partial charge in [-0.05, 0) is 25.0 Å². The number of hydrogen-bond donors (Lipinski definition) is 1. The first-order valence-electron chi connectivity index (χ1n) is 7.80. The van der Waals surface area contributed by atoms with Crippen molar-refractivity contribution in [1.29, 1.82) is 0 Å². The molecule has 0 unspecified atom stereocenters. The van der Waals surface area contributed by atoms with Crippen LogP contribution < -0.4 is 0 Å². The minimum absolute atomic E-state index is 0.454. The first kappa shape index (κ1) is 15.5. The lowest BCUT2D eigenvalue weighted by atomic mass is 10.3. The number of aromatic amines is 1. The number of fused-ring (bicyclic) bond motifs is 1. The average Bonchev–Trinajstić information content (AvgIpc) is 3.17. The number of rotatable bonds is 6.